The van der Waals surface area contributed by atoms with Crippen molar-refractivity contribution in [1.29, 1.82) is 0 Å². The monoisotopic (exact) mass is 450 g/mol. The lowest BCUT2D eigenvalue weighted by Crippen LogP contribution is -2.48. The van der Waals surface area contributed by atoms with E-state index in [2.05, 4.69) is 20.5 Å². The summed E-state index contributed by atoms with van der Waals surface area (Å²) in [7, 11) is 0. The topological polar surface area (TPSA) is 91.0 Å². The standard InChI is InChI=1S/C22H28F2N4O4/c23-17-13-15(25-18-2-4-20(29)26-21(18)30)1-3-19(17)28-11-7-16(8-12-28)27-9-5-14(6-10-27)22(31)32-24/h1,3,13-14,16,18,25H,2,4-12H2,(H,26,29,30). The maximum absolute atomic E-state index is 14.8. The highest BCUT2D eigenvalue weighted by Crippen LogP contribution is 2.29. The lowest BCUT2D eigenvalue weighted by molar-refractivity contribution is -0.190. The summed E-state index contributed by atoms with van der Waals surface area (Å²) in [6.07, 6.45) is 3.60. The predicted molar refractivity (Wildman–Crippen MR) is 113 cm³/mol. The highest BCUT2D eigenvalue weighted by atomic mass is 19.3. The normalized spacial score (nSPS) is 23.7. The Morgan fingerprint density at radius 2 is 1.78 bits per heavy atom. The van der Waals surface area contributed by atoms with Gasteiger partial charge < -0.3 is 15.1 Å². The highest BCUT2D eigenvalue weighted by Gasteiger charge is 2.32. The van der Waals surface area contributed by atoms with Crippen LogP contribution >= 0.6 is 0 Å². The van der Waals surface area contributed by atoms with Crippen LogP contribution in [-0.4, -0.2) is 60.9 Å². The van der Waals surface area contributed by atoms with Crippen molar-refractivity contribution in [3.05, 3.63) is 24.0 Å². The van der Waals surface area contributed by atoms with Crippen LogP contribution in [0.2, 0.25) is 0 Å². The largest absolute Gasteiger partial charge is 0.374 e. The van der Waals surface area contributed by atoms with Gasteiger partial charge in [-0.05, 0) is 63.4 Å². The first-order valence-corrected chi connectivity index (χ1v) is 11.2. The van der Waals surface area contributed by atoms with Crippen molar-refractivity contribution in [2.45, 2.75) is 50.6 Å². The third-order valence-electron chi connectivity index (χ3n) is 6.79. The van der Waals surface area contributed by atoms with Gasteiger partial charge in [-0.2, -0.15) is 0 Å². The van der Waals surface area contributed by atoms with Crippen LogP contribution in [0.1, 0.15) is 38.5 Å². The zero-order valence-electron chi connectivity index (χ0n) is 17.8. The Bertz CT molecular complexity index is 867. The summed E-state index contributed by atoms with van der Waals surface area (Å²) in [5.41, 5.74) is 1.03. The van der Waals surface area contributed by atoms with Gasteiger partial charge in [0.2, 0.25) is 11.8 Å². The zero-order valence-corrected chi connectivity index (χ0v) is 17.8. The smallest absolute Gasteiger partial charge is 0.351 e. The summed E-state index contributed by atoms with van der Waals surface area (Å²) in [5, 5.41) is 5.29. The van der Waals surface area contributed by atoms with Crippen LogP contribution in [0.15, 0.2) is 18.2 Å². The molecule has 2 N–H and O–H groups in total. The molecule has 32 heavy (non-hydrogen) atoms. The second kappa shape index (κ2) is 9.81. The van der Waals surface area contributed by atoms with Gasteiger partial charge in [-0.3, -0.25) is 19.8 Å². The molecule has 0 radical (unpaired) electrons. The van der Waals surface area contributed by atoms with Crippen molar-refractivity contribution in [2.75, 3.05) is 36.4 Å². The molecule has 4 rings (SSSR count). The Morgan fingerprint density at radius 1 is 1.06 bits per heavy atom. The number of hydrogen-bond donors (Lipinski definition) is 2. The first kappa shape index (κ1) is 22.4. The van der Waals surface area contributed by atoms with Crippen molar-refractivity contribution in [1.82, 2.24) is 10.2 Å². The fourth-order valence-electron chi connectivity index (χ4n) is 4.92. The summed E-state index contributed by atoms with van der Waals surface area (Å²) in [6, 6.07) is 4.68. The third-order valence-corrected chi connectivity index (χ3v) is 6.79. The van der Waals surface area contributed by atoms with E-state index in [4.69, 9.17) is 0 Å². The maximum atomic E-state index is 14.8. The van der Waals surface area contributed by atoms with E-state index in [0.29, 0.717) is 49.8 Å². The van der Waals surface area contributed by atoms with Crippen LogP contribution in [0.4, 0.5) is 20.3 Å². The first-order chi connectivity index (χ1) is 15.4. The van der Waals surface area contributed by atoms with E-state index in [1.165, 1.54) is 6.07 Å². The van der Waals surface area contributed by atoms with Gasteiger partial charge >= 0.3 is 5.97 Å². The van der Waals surface area contributed by atoms with E-state index < -0.39 is 17.9 Å². The van der Waals surface area contributed by atoms with E-state index in [1.54, 1.807) is 12.1 Å². The Balaban J connectivity index is 1.29. The molecule has 1 unspecified atom stereocenters. The van der Waals surface area contributed by atoms with Crippen LogP contribution in [0.25, 0.3) is 0 Å². The minimum Gasteiger partial charge on any atom is -0.374 e. The lowest BCUT2D eigenvalue weighted by atomic mass is 9.93. The Kier molecular flexibility index (Phi) is 6.88. The van der Waals surface area contributed by atoms with E-state index in [0.717, 1.165) is 25.9 Å². The number of hydrogen-bond acceptors (Lipinski definition) is 7. The summed E-state index contributed by atoms with van der Waals surface area (Å²) < 4.78 is 26.9. The number of amides is 2. The van der Waals surface area contributed by atoms with Gasteiger partial charge in [-0.25, -0.2) is 9.18 Å². The van der Waals surface area contributed by atoms with Crippen molar-refractivity contribution >= 4 is 29.2 Å². The van der Waals surface area contributed by atoms with E-state index in [-0.39, 0.29) is 24.1 Å². The number of halogens is 2. The maximum Gasteiger partial charge on any atom is 0.351 e. The number of anilines is 2. The molecule has 0 aromatic heterocycles. The van der Waals surface area contributed by atoms with Crippen LogP contribution < -0.4 is 15.5 Å². The number of piperidine rings is 3. The molecule has 3 aliphatic heterocycles. The van der Waals surface area contributed by atoms with Gasteiger partial charge in [0.25, 0.3) is 0 Å². The molecule has 1 aromatic carbocycles. The molecule has 0 spiro atoms. The van der Waals surface area contributed by atoms with Crippen molar-refractivity contribution in [2.24, 2.45) is 5.92 Å². The minimum absolute atomic E-state index is 0.260. The molecule has 1 aromatic rings. The van der Waals surface area contributed by atoms with E-state index >= 15 is 0 Å². The molecular formula is C22H28F2N4O4. The number of imide groups is 1. The van der Waals surface area contributed by atoms with Crippen molar-refractivity contribution < 1.29 is 28.2 Å². The van der Waals surface area contributed by atoms with Gasteiger partial charge in [0, 0.05) is 35.8 Å². The van der Waals surface area contributed by atoms with Gasteiger partial charge in [0.1, 0.15) is 11.9 Å². The molecule has 3 saturated heterocycles. The molecule has 0 bridgehead atoms. The van der Waals surface area contributed by atoms with Crippen LogP contribution in [0.3, 0.4) is 0 Å². The van der Waals surface area contributed by atoms with Crippen molar-refractivity contribution in [3.63, 3.8) is 0 Å². The highest BCUT2D eigenvalue weighted by molar-refractivity contribution is 6.01. The van der Waals surface area contributed by atoms with E-state index in [1.807, 2.05) is 4.90 Å². The predicted octanol–water partition coefficient (Wildman–Crippen LogP) is 2.15. The van der Waals surface area contributed by atoms with Crippen LogP contribution in [0.5, 0.6) is 0 Å². The molecule has 0 aliphatic carbocycles. The number of nitrogens with zero attached hydrogens (tertiary/aromatic N) is 2. The number of carbonyl (C=O) groups excluding carboxylic acids is 3. The third kappa shape index (κ3) is 5.01. The number of nitrogens with one attached hydrogen (secondary N) is 2. The van der Waals surface area contributed by atoms with Crippen LogP contribution in [-0.2, 0) is 19.3 Å². The SMILES string of the molecule is O=C1CCC(Nc2ccc(N3CCC(N4CCC(C(=O)OF)CC4)CC3)c(F)c2)C(=O)N1. The second-order valence-electron chi connectivity index (χ2n) is 8.74. The summed E-state index contributed by atoms with van der Waals surface area (Å²) in [5.74, 6) is -2.17. The minimum atomic E-state index is -0.773. The molecule has 2 amide bonds. The van der Waals surface area contributed by atoms with Crippen LogP contribution in [0, 0.1) is 11.7 Å². The molecule has 174 valence electrons. The molecule has 3 heterocycles. The van der Waals surface area contributed by atoms with Gasteiger partial charge in [0.15, 0.2) is 0 Å². The molecule has 3 fully saturated rings. The molecular weight excluding hydrogens is 422 g/mol. The number of likely N-dealkylation sites (tertiary alicyclic amines) is 1. The van der Waals surface area contributed by atoms with E-state index in [9.17, 15) is 23.3 Å². The molecule has 1 atom stereocenters. The average molecular weight is 450 g/mol. The Hall–Kier alpha value is -2.75. The first-order valence-electron chi connectivity index (χ1n) is 11.2. The van der Waals surface area contributed by atoms with Gasteiger partial charge in [-0.1, -0.05) is 0 Å². The summed E-state index contributed by atoms with van der Waals surface area (Å²) in [6.45, 7) is 2.90. The molecule has 3 aliphatic rings. The van der Waals surface area contributed by atoms with Crippen molar-refractivity contribution in [3.8, 4) is 0 Å². The fraction of sp³-hybridized carbons (Fsp3) is 0.591. The van der Waals surface area contributed by atoms with Gasteiger partial charge in [0.05, 0.1) is 11.6 Å². The molecule has 8 nitrogen and oxygen atoms in total. The fourth-order valence-corrected chi connectivity index (χ4v) is 4.92. The summed E-state index contributed by atoms with van der Waals surface area (Å²) >= 11 is 0. The lowest BCUT2D eigenvalue weighted by Gasteiger charge is -2.42. The van der Waals surface area contributed by atoms with Gasteiger partial charge in [-0.15, -0.1) is 0 Å². The second-order valence-corrected chi connectivity index (χ2v) is 8.74. The summed E-state index contributed by atoms with van der Waals surface area (Å²) in [4.78, 5) is 42.2. The molecule has 10 heteroatoms. The number of rotatable bonds is 5. The Labute approximate surface area is 185 Å². The number of carbonyl (C=O) groups is 3. The quantitative estimate of drug-likeness (QED) is 0.665. The zero-order chi connectivity index (χ0) is 22.7. The number of benzene rings is 1. The average Bonchev–Trinajstić information content (AvgIpc) is 2.81. The molecule has 0 saturated carbocycles. The Morgan fingerprint density at radius 3 is 2.41 bits per heavy atom.